The molecule has 12 heteroatoms. The van der Waals surface area contributed by atoms with E-state index < -0.39 is 35.5 Å². The Bertz CT molecular complexity index is 2110. The number of hydrogen-bond acceptors (Lipinski definition) is 10. The lowest BCUT2D eigenvalue weighted by atomic mass is 9.63. The Morgan fingerprint density at radius 1 is 1.09 bits per heavy atom. The highest BCUT2D eigenvalue weighted by molar-refractivity contribution is 6.22. The summed E-state index contributed by atoms with van der Waals surface area (Å²) < 4.78 is 15.7. The third-order valence-corrected chi connectivity index (χ3v) is 10.9. The van der Waals surface area contributed by atoms with Gasteiger partial charge in [-0.15, -0.1) is 6.58 Å². The maximum absolute atomic E-state index is 13.7. The van der Waals surface area contributed by atoms with E-state index in [1.54, 1.807) is 18.2 Å². The molecule has 1 aromatic heterocycles. The molecular weight excluding hydrogens is 676 g/mol. The van der Waals surface area contributed by atoms with Crippen LogP contribution in [0.1, 0.15) is 44.7 Å². The average molecular weight is 725 g/mol. The number of aliphatic imine (C=N–C) groups is 2. The number of aliphatic hydroxyl groups is 1. The van der Waals surface area contributed by atoms with Crippen LogP contribution in [0, 0.1) is 24.2 Å². The lowest BCUT2D eigenvalue weighted by Crippen LogP contribution is -2.44. The molecule has 280 valence electrons. The van der Waals surface area contributed by atoms with E-state index >= 15 is 0 Å². The first-order valence-corrected chi connectivity index (χ1v) is 17.5. The van der Waals surface area contributed by atoms with Gasteiger partial charge < -0.3 is 34.7 Å². The summed E-state index contributed by atoms with van der Waals surface area (Å²) in [5.74, 6) is -3.25. The molecule has 0 saturated heterocycles. The minimum absolute atomic E-state index is 0.0144. The summed E-state index contributed by atoms with van der Waals surface area (Å²) >= 11 is 0. The Labute approximate surface area is 309 Å². The number of esters is 2. The highest BCUT2D eigenvalue weighted by Crippen LogP contribution is 2.52. The first-order valence-electron chi connectivity index (χ1n) is 17.5. The Balaban J connectivity index is 1.77. The molecule has 5 atom stereocenters. The number of ether oxygens (including phenoxy) is 3. The lowest BCUT2D eigenvalue weighted by Gasteiger charge is -2.37. The maximum Gasteiger partial charge on any atom is 0.334 e. The number of aromatic amines is 1. The number of carbonyl (C=O) groups is 3. The minimum Gasteiger partial charge on any atom is -0.481 e. The van der Waals surface area contributed by atoms with Gasteiger partial charge in [-0.25, -0.2) is 4.79 Å². The van der Waals surface area contributed by atoms with Crippen LogP contribution in [0.2, 0.25) is 0 Å². The number of carboxylic acids is 1. The van der Waals surface area contributed by atoms with E-state index in [1.165, 1.54) is 21.3 Å². The van der Waals surface area contributed by atoms with E-state index in [2.05, 4.69) is 23.5 Å². The fourth-order valence-corrected chi connectivity index (χ4v) is 7.61. The van der Waals surface area contributed by atoms with E-state index in [-0.39, 0.29) is 30.4 Å². The number of nitrogens with one attached hydrogen (secondary N) is 2. The standard InChI is InChI=1S/C41H48N4O8/c1-10-24-20-42-30(21(24)3)17-34-28-14-12-26(39(49)52-8)38(40(50)53-9)41(28,6)35(45-34)19-31-23(5)27(16-37(48)51-7)33(44-31)18-32-25(13-15-36(46)47)22(4)29(11-2)43-32/h10-12,14,17-19,22,29,37-38,43-44,48H,1-2,13,15-16,20H2,3-9H3,(H,46,47)/b31-19?,33-18-,34-17-/t22?,29?,37?,38-,41+/m0/s1. The van der Waals surface area contributed by atoms with Gasteiger partial charge in [0, 0.05) is 42.3 Å². The number of nitrogens with zero attached hydrogens (tertiary/aromatic N) is 2. The van der Waals surface area contributed by atoms with Crippen LogP contribution in [-0.4, -0.2) is 84.7 Å². The van der Waals surface area contributed by atoms with Crippen molar-refractivity contribution < 1.29 is 38.8 Å². The number of allylic oxidation sites excluding steroid dienone is 6. The Hall–Kier alpha value is -5.33. The van der Waals surface area contributed by atoms with Crippen LogP contribution in [0.5, 0.6) is 0 Å². The number of aromatic nitrogens is 1. The zero-order chi connectivity index (χ0) is 38.8. The van der Waals surface area contributed by atoms with Gasteiger partial charge in [-0.3, -0.25) is 19.6 Å². The van der Waals surface area contributed by atoms with Gasteiger partial charge in [-0.1, -0.05) is 37.8 Å². The molecule has 0 bridgehead atoms. The van der Waals surface area contributed by atoms with Gasteiger partial charge in [0.15, 0.2) is 6.29 Å². The average Bonchev–Trinajstić information content (AvgIpc) is 3.83. The highest BCUT2D eigenvalue weighted by atomic mass is 16.6. The van der Waals surface area contributed by atoms with Crippen LogP contribution in [0.15, 0.2) is 92.8 Å². The summed E-state index contributed by atoms with van der Waals surface area (Å²) in [6.45, 7) is 16.1. The minimum atomic E-state index is -1.17. The van der Waals surface area contributed by atoms with Crippen molar-refractivity contribution >= 4 is 41.5 Å². The number of carboxylic acid groups (broad SMARTS) is 1. The fourth-order valence-electron chi connectivity index (χ4n) is 7.61. The van der Waals surface area contributed by atoms with Crippen LogP contribution in [0.3, 0.4) is 0 Å². The number of aliphatic carboxylic acids is 1. The molecule has 4 aliphatic rings. The fraction of sp³-hybridized carbons (Fsp3) is 0.390. The number of carbonyl (C=O) groups excluding carboxylic acids is 2. The van der Waals surface area contributed by atoms with Gasteiger partial charge in [0.05, 0.1) is 54.9 Å². The van der Waals surface area contributed by atoms with Crippen molar-refractivity contribution in [2.45, 2.75) is 59.3 Å². The largest absolute Gasteiger partial charge is 0.481 e. The molecule has 0 spiro atoms. The van der Waals surface area contributed by atoms with Gasteiger partial charge in [0.25, 0.3) is 0 Å². The molecule has 4 heterocycles. The molecule has 0 amide bonds. The number of methoxy groups -OCH3 is 3. The molecule has 5 rings (SSSR count). The maximum atomic E-state index is 13.7. The molecule has 3 unspecified atom stereocenters. The van der Waals surface area contributed by atoms with Crippen LogP contribution >= 0.6 is 0 Å². The van der Waals surface area contributed by atoms with Crippen LogP contribution < -0.4 is 16.0 Å². The van der Waals surface area contributed by atoms with Crippen molar-refractivity contribution in [2.24, 2.45) is 27.2 Å². The normalized spacial score (nSPS) is 25.8. The second-order valence-electron chi connectivity index (χ2n) is 13.7. The number of H-pyrrole nitrogens is 1. The molecule has 0 fully saturated rings. The van der Waals surface area contributed by atoms with E-state index in [9.17, 15) is 24.6 Å². The molecule has 0 saturated carbocycles. The second-order valence-corrected chi connectivity index (χ2v) is 13.7. The molecule has 1 aromatic rings. The highest BCUT2D eigenvalue weighted by Gasteiger charge is 2.54. The first-order chi connectivity index (χ1) is 25.2. The van der Waals surface area contributed by atoms with Gasteiger partial charge in [0.1, 0.15) is 5.92 Å². The predicted molar refractivity (Wildman–Crippen MR) is 203 cm³/mol. The van der Waals surface area contributed by atoms with Crippen molar-refractivity contribution in [1.82, 2.24) is 10.3 Å². The third kappa shape index (κ3) is 7.21. The number of aliphatic hydroxyl groups excluding tert-OH is 1. The Kier molecular flexibility index (Phi) is 11.5. The summed E-state index contributed by atoms with van der Waals surface area (Å²) in [6.07, 6.45) is 12.0. The van der Waals surface area contributed by atoms with Crippen molar-refractivity contribution in [3.8, 4) is 0 Å². The third-order valence-electron chi connectivity index (χ3n) is 10.9. The van der Waals surface area contributed by atoms with Crippen LogP contribution in [0.25, 0.3) is 12.2 Å². The van der Waals surface area contributed by atoms with Crippen molar-refractivity contribution in [3.05, 3.63) is 105 Å². The lowest BCUT2D eigenvalue weighted by molar-refractivity contribution is -0.149. The summed E-state index contributed by atoms with van der Waals surface area (Å²) in [5, 5.41) is 24.9. The molecule has 4 N–H and O–H groups in total. The zero-order valence-corrected chi connectivity index (χ0v) is 31.3. The van der Waals surface area contributed by atoms with Crippen LogP contribution in [-0.2, 0) is 35.0 Å². The molecule has 12 nitrogen and oxygen atoms in total. The molecule has 3 aliphatic heterocycles. The monoisotopic (exact) mass is 724 g/mol. The number of rotatable bonds is 13. The summed E-state index contributed by atoms with van der Waals surface area (Å²) in [7, 11) is 3.97. The van der Waals surface area contributed by atoms with Crippen molar-refractivity contribution in [2.75, 3.05) is 27.9 Å². The number of fused-ring (bicyclic) bond motifs is 1. The topological polar surface area (TPSA) is 172 Å². The summed E-state index contributed by atoms with van der Waals surface area (Å²) in [6, 6.07) is -0.0903. The van der Waals surface area contributed by atoms with Gasteiger partial charge in [-0.05, 0) is 78.8 Å². The molecule has 1 aliphatic carbocycles. The second kappa shape index (κ2) is 15.7. The first kappa shape index (κ1) is 38.9. The Morgan fingerprint density at radius 3 is 2.43 bits per heavy atom. The van der Waals surface area contributed by atoms with Gasteiger partial charge >= 0.3 is 17.9 Å². The van der Waals surface area contributed by atoms with E-state index in [0.717, 1.165) is 39.3 Å². The van der Waals surface area contributed by atoms with Crippen molar-refractivity contribution in [3.63, 3.8) is 0 Å². The molecule has 0 aromatic carbocycles. The molecule has 53 heavy (non-hydrogen) atoms. The molecular formula is C41H48N4O8. The molecule has 0 radical (unpaired) electrons. The SMILES string of the molecule is C=CC1=C(C)C(/C=C2\N=C(C=c3[nH]/c(=C\C4=C(CCC(=O)O)C(C)C(C=C)N4)c(CC(O)OC)c3C)[C@@]3(C)C2=CC=C(C(=O)OC)[C@H]3C(=O)OC)=NC1. The van der Waals surface area contributed by atoms with E-state index in [0.29, 0.717) is 40.6 Å². The van der Waals surface area contributed by atoms with Crippen molar-refractivity contribution in [1.29, 1.82) is 0 Å². The Morgan fingerprint density at radius 2 is 1.83 bits per heavy atom. The predicted octanol–water partition coefficient (Wildman–Crippen LogP) is 3.43. The van der Waals surface area contributed by atoms with Crippen LogP contribution in [0.4, 0.5) is 0 Å². The smallest absolute Gasteiger partial charge is 0.334 e. The van der Waals surface area contributed by atoms with Gasteiger partial charge in [-0.2, -0.15) is 0 Å². The van der Waals surface area contributed by atoms with E-state index in [4.69, 9.17) is 24.2 Å². The zero-order valence-electron chi connectivity index (χ0n) is 31.3. The van der Waals surface area contributed by atoms with E-state index in [1.807, 2.05) is 52.0 Å². The summed E-state index contributed by atoms with van der Waals surface area (Å²) in [5.41, 5.74) is 6.75. The summed E-state index contributed by atoms with van der Waals surface area (Å²) in [4.78, 5) is 51.7. The number of hydrogen-bond donors (Lipinski definition) is 4. The van der Waals surface area contributed by atoms with Gasteiger partial charge in [0.2, 0.25) is 0 Å². The quantitative estimate of drug-likeness (QED) is 0.135.